The molecule has 0 saturated carbocycles. The molecule has 0 radical (unpaired) electrons. The van der Waals surface area contributed by atoms with Crippen molar-refractivity contribution in [2.45, 2.75) is 0 Å². The third kappa shape index (κ3) is 1.22. The molecule has 0 unspecified atom stereocenters. The van der Waals surface area contributed by atoms with E-state index >= 15 is 0 Å². The van der Waals surface area contributed by atoms with Crippen molar-refractivity contribution < 1.29 is 14.6 Å². The zero-order chi connectivity index (χ0) is 9.26. The van der Waals surface area contributed by atoms with Gasteiger partial charge in [0.2, 0.25) is 0 Å². The van der Waals surface area contributed by atoms with Crippen LogP contribution in [0.2, 0.25) is 0 Å². The lowest BCUT2D eigenvalue weighted by Gasteiger charge is -2.14. The number of nitrogens with two attached hydrogens (primary N) is 1. The minimum atomic E-state index is -0.532. The Kier molecular flexibility index (Phi) is 1.66. The summed E-state index contributed by atoms with van der Waals surface area (Å²) >= 11 is 0. The van der Waals surface area contributed by atoms with Gasteiger partial charge in [0.25, 0.3) is 5.91 Å². The fourth-order valence-electron chi connectivity index (χ4n) is 1.14. The van der Waals surface area contributed by atoms with Crippen molar-refractivity contribution in [2.75, 3.05) is 0 Å². The van der Waals surface area contributed by atoms with Crippen LogP contribution >= 0.6 is 0 Å². The van der Waals surface area contributed by atoms with Crippen LogP contribution in [-0.4, -0.2) is 5.91 Å². The zero-order valence-electron chi connectivity index (χ0n) is 6.69. The van der Waals surface area contributed by atoms with Gasteiger partial charge in [-0.3, -0.25) is 14.6 Å². The largest absolute Gasteiger partial charge is 0.365 e. The molecule has 0 aliphatic carbocycles. The molecule has 0 spiro atoms. The molecule has 4 heteroatoms. The molecular weight excluding hydrogens is 170 g/mol. The first kappa shape index (κ1) is 7.67. The summed E-state index contributed by atoms with van der Waals surface area (Å²) in [6.45, 7) is 0. The van der Waals surface area contributed by atoms with Crippen LogP contribution in [-0.2, 0) is 9.68 Å². The summed E-state index contributed by atoms with van der Waals surface area (Å²) in [6, 6.07) is 7.02. The quantitative estimate of drug-likeness (QED) is 0.646. The maximum atomic E-state index is 10.9. The highest BCUT2D eigenvalue weighted by atomic mass is 17.2. The van der Waals surface area contributed by atoms with E-state index in [9.17, 15) is 4.79 Å². The fourth-order valence-corrected chi connectivity index (χ4v) is 1.14. The van der Waals surface area contributed by atoms with Gasteiger partial charge in [-0.1, -0.05) is 18.2 Å². The Morgan fingerprint density at radius 3 is 2.85 bits per heavy atom. The maximum Gasteiger partial charge on any atom is 0.252 e. The molecule has 1 heterocycles. The van der Waals surface area contributed by atoms with Crippen LogP contribution in [0.5, 0.6) is 5.75 Å². The van der Waals surface area contributed by atoms with E-state index in [-0.39, 0.29) is 0 Å². The predicted molar refractivity (Wildman–Crippen MR) is 45.3 cm³/mol. The van der Waals surface area contributed by atoms with Crippen molar-refractivity contribution >= 4 is 11.5 Å². The van der Waals surface area contributed by atoms with Gasteiger partial charge in [0.15, 0.2) is 12.0 Å². The second-order valence-electron chi connectivity index (χ2n) is 2.57. The van der Waals surface area contributed by atoms with Crippen molar-refractivity contribution in [2.24, 2.45) is 5.73 Å². The fraction of sp³-hybridized carbons (Fsp3) is 0. The molecule has 0 aromatic heterocycles. The maximum absolute atomic E-state index is 10.9. The number of primary amides is 1. The number of carbonyl (C=O) groups is 1. The average molecular weight is 177 g/mol. The average Bonchev–Trinajstić information content (AvgIpc) is 2.17. The summed E-state index contributed by atoms with van der Waals surface area (Å²) in [5.74, 6) is -0.0328. The first-order valence-electron chi connectivity index (χ1n) is 3.72. The summed E-state index contributed by atoms with van der Waals surface area (Å²) in [7, 11) is 0. The Morgan fingerprint density at radius 1 is 1.31 bits per heavy atom. The molecule has 1 aliphatic heterocycles. The summed E-state index contributed by atoms with van der Waals surface area (Å²) in [5.41, 5.74) is 6.11. The molecule has 0 fully saturated rings. The van der Waals surface area contributed by atoms with Crippen LogP contribution in [0.3, 0.4) is 0 Å². The second-order valence-corrected chi connectivity index (χ2v) is 2.57. The van der Waals surface area contributed by atoms with Gasteiger partial charge in [-0.2, -0.15) is 0 Å². The molecule has 1 amide bonds. The van der Waals surface area contributed by atoms with Gasteiger partial charge in [0, 0.05) is 5.56 Å². The molecule has 0 atom stereocenters. The van der Waals surface area contributed by atoms with Crippen LogP contribution in [0.4, 0.5) is 0 Å². The minimum absolute atomic E-state index is 0.321. The van der Waals surface area contributed by atoms with Crippen molar-refractivity contribution in [3.63, 3.8) is 0 Å². The molecule has 1 aliphatic rings. The summed E-state index contributed by atoms with van der Waals surface area (Å²) in [6.07, 6.45) is 1.20. The number of benzene rings is 1. The Morgan fingerprint density at radius 2 is 2.08 bits per heavy atom. The number of hydrogen-bond donors (Lipinski definition) is 1. The third-order valence-electron chi connectivity index (χ3n) is 1.75. The Bertz CT molecular complexity index is 384. The number of carbonyl (C=O) groups excluding carboxylic acids is 1. The molecule has 4 nitrogen and oxygen atoms in total. The third-order valence-corrected chi connectivity index (χ3v) is 1.75. The molecule has 0 saturated heterocycles. The topological polar surface area (TPSA) is 61.6 Å². The summed E-state index contributed by atoms with van der Waals surface area (Å²) in [4.78, 5) is 20.4. The lowest BCUT2D eigenvalue weighted by Crippen LogP contribution is -2.16. The summed E-state index contributed by atoms with van der Waals surface area (Å²) in [5, 5.41) is 0. The van der Waals surface area contributed by atoms with E-state index in [0.29, 0.717) is 16.9 Å². The number of amides is 1. The SMILES string of the molecule is NC(=O)C1=COOc2ccccc21. The number of hydrogen-bond acceptors (Lipinski definition) is 3. The van der Waals surface area contributed by atoms with E-state index in [1.165, 1.54) is 6.26 Å². The molecule has 0 bridgehead atoms. The van der Waals surface area contributed by atoms with Gasteiger partial charge < -0.3 is 5.73 Å². The monoisotopic (exact) mass is 177 g/mol. The molecule has 2 rings (SSSR count). The van der Waals surface area contributed by atoms with E-state index in [0.717, 1.165) is 0 Å². The van der Waals surface area contributed by atoms with Crippen molar-refractivity contribution in [3.8, 4) is 5.75 Å². The van der Waals surface area contributed by atoms with Gasteiger partial charge in [-0.05, 0) is 6.07 Å². The van der Waals surface area contributed by atoms with Gasteiger partial charge in [-0.15, -0.1) is 0 Å². The molecular formula is C9H7NO3. The van der Waals surface area contributed by atoms with Crippen molar-refractivity contribution in [1.29, 1.82) is 0 Å². The normalized spacial score (nSPS) is 13.4. The predicted octanol–water partition coefficient (Wildman–Crippen LogP) is 0.837. The van der Waals surface area contributed by atoms with Crippen LogP contribution in [0, 0.1) is 0 Å². The van der Waals surface area contributed by atoms with Crippen LogP contribution in [0.25, 0.3) is 5.57 Å². The molecule has 1 aromatic carbocycles. The van der Waals surface area contributed by atoms with Crippen LogP contribution < -0.4 is 10.6 Å². The van der Waals surface area contributed by atoms with Gasteiger partial charge in [0.05, 0.1) is 5.57 Å². The Labute approximate surface area is 74.5 Å². The van der Waals surface area contributed by atoms with E-state index in [1.807, 2.05) is 0 Å². The van der Waals surface area contributed by atoms with Gasteiger partial charge >= 0.3 is 0 Å². The van der Waals surface area contributed by atoms with Crippen LogP contribution in [0.15, 0.2) is 30.5 Å². The lowest BCUT2D eigenvalue weighted by molar-refractivity contribution is -0.152. The van der Waals surface area contributed by atoms with Gasteiger partial charge in [-0.25, -0.2) is 0 Å². The highest BCUT2D eigenvalue weighted by molar-refractivity contribution is 6.19. The highest BCUT2D eigenvalue weighted by Crippen LogP contribution is 2.29. The smallest absolute Gasteiger partial charge is 0.252 e. The molecule has 66 valence electrons. The Hall–Kier alpha value is -1.97. The Balaban J connectivity index is 2.53. The zero-order valence-corrected chi connectivity index (χ0v) is 6.69. The number of para-hydroxylation sites is 1. The van der Waals surface area contributed by atoms with E-state index < -0.39 is 5.91 Å². The first-order chi connectivity index (χ1) is 6.29. The number of rotatable bonds is 1. The number of fused-ring (bicyclic) bond motifs is 1. The van der Waals surface area contributed by atoms with Crippen molar-refractivity contribution in [1.82, 2.24) is 0 Å². The second kappa shape index (κ2) is 2.82. The standard InChI is InChI=1S/C9H7NO3/c10-9(11)7-5-12-13-8-4-2-1-3-6(7)8/h1-5H,(H2,10,11). The molecule has 2 N–H and O–H groups in total. The molecule has 1 aromatic rings. The first-order valence-corrected chi connectivity index (χ1v) is 3.72. The van der Waals surface area contributed by atoms with Crippen LogP contribution in [0.1, 0.15) is 5.56 Å². The minimum Gasteiger partial charge on any atom is -0.365 e. The van der Waals surface area contributed by atoms with E-state index in [1.54, 1.807) is 24.3 Å². The van der Waals surface area contributed by atoms with E-state index in [2.05, 4.69) is 4.89 Å². The van der Waals surface area contributed by atoms with Gasteiger partial charge in [0.1, 0.15) is 0 Å². The summed E-state index contributed by atoms with van der Waals surface area (Å²) < 4.78 is 0. The van der Waals surface area contributed by atoms with E-state index in [4.69, 9.17) is 10.6 Å². The molecule has 13 heavy (non-hydrogen) atoms. The lowest BCUT2D eigenvalue weighted by atomic mass is 10.1. The van der Waals surface area contributed by atoms with Crippen molar-refractivity contribution in [3.05, 3.63) is 36.1 Å². The highest BCUT2D eigenvalue weighted by Gasteiger charge is 2.18.